The van der Waals surface area contributed by atoms with Gasteiger partial charge in [0.25, 0.3) is 0 Å². The number of ether oxygens (including phenoxy) is 2. The molecule has 6 rings (SSSR count). The molecular weight excluding hydrogens is 462 g/mol. The lowest BCUT2D eigenvalue weighted by molar-refractivity contribution is -0.0668. The van der Waals surface area contributed by atoms with Crippen LogP contribution in [-0.2, 0) is 9.47 Å². The highest BCUT2D eigenvalue weighted by molar-refractivity contribution is 5.69. The van der Waals surface area contributed by atoms with E-state index < -0.39 is 5.60 Å². The molecule has 206 valence electrons. The van der Waals surface area contributed by atoms with Crippen molar-refractivity contribution < 1.29 is 19.4 Å². The minimum atomic E-state index is -0.498. The zero-order valence-corrected chi connectivity index (χ0v) is 24.2. The molecule has 0 aromatic rings. The molecule has 5 nitrogen and oxygen atoms in total. The van der Waals surface area contributed by atoms with Gasteiger partial charge in [0.2, 0.25) is 0 Å². The molecule has 2 heterocycles. The van der Waals surface area contributed by atoms with E-state index in [1.165, 1.54) is 30.4 Å². The monoisotopic (exact) mass is 511 g/mol. The predicted molar refractivity (Wildman–Crippen MR) is 145 cm³/mol. The molecule has 1 N–H and O–H groups in total. The number of hydrogen-bond acceptors (Lipinski definition) is 4. The van der Waals surface area contributed by atoms with Crippen molar-refractivity contribution in [3.8, 4) is 0 Å². The largest absolute Gasteiger partial charge is 0.444 e. The average molecular weight is 512 g/mol. The summed E-state index contributed by atoms with van der Waals surface area (Å²) in [4.78, 5) is 15.4. The first-order valence-electron chi connectivity index (χ1n) is 15.1. The number of aliphatic hydroxyl groups is 1. The van der Waals surface area contributed by atoms with Gasteiger partial charge in [-0.25, -0.2) is 4.79 Å². The summed E-state index contributed by atoms with van der Waals surface area (Å²) in [5.74, 6) is 2.73. The maximum atomic E-state index is 13.4. The fourth-order valence-electron chi connectivity index (χ4n) is 9.85. The molecule has 37 heavy (non-hydrogen) atoms. The van der Waals surface area contributed by atoms with E-state index >= 15 is 0 Å². The number of allylic oxidation sites excluding steroid dienone is 2. The Balaban J connectivity index is 1.31. The zero-order valence-electron chi connectivity index (χ0n) is 24.2. The van der Waals surface area contributed by atoms with Crippen LogP contribution in [0.2, 0.25) is 0 Å². The first kappa shape index (κ1) is 25.9. The second kappa shape index (κ2) is 8.58. The van der Waals surface area contributed by atoms with Crippen LogP contribution in [0.4, 0.5) is 4.79 Å². The summed E-state index contributed by atoms with van der Waals surface area (Å²) in [7, 11) is 0. The van der Waals surface area contributed by atoms with Gasteiger partial charge in [0.05, 0.1) is 23.9 Å². The first-order chi connectivity index (χ1) is 17.3. The third-order valence-electron chi connectivity index (χ3n) is 11.6. The van der Waals surface area contributed by atoms with Crippen molar-refractivity contribution in [2.24, 2.45) is 35.0 Å². The van der Waals surface area contributed by atoms with Crippen molar-refractivity contribution in [2.45, 2.75) is 129 Å². The fraction of sp³-hybridized carbons (Fsp3) is 0.844. The maximum Gasteiger partial charge on any atom is 0.410 e. The van der Waals surface area contributed by atoms with Gasteiger partial charge < -0.3 is 19.5 Å². The van der Waals surface area contributed by atoms with E-state index in [9.17, 15) is 9.90 Å². The number of hydrogen-bond donors (Lipinski definition) is 1. The third-order valence-corrected chi connectivity index (χ3v) is 11.6. The van der Waals surface area contributed by atoms with Crippen LogP contribution in [-0.4, -0.2) is 52.1 Å². The van der Waals surface area contributed by atoms with Crippen LogP contribution in [0.25, 0.3) is 0 Å². The van der Waals surface area contributed by atoms with E-state index in [0.29, 0.717) is 17.8 Å². The summed E-state index contributed by atoms with van der Waals surface area (Å²) in [5.41, 5.74) is 4.15. The van der Waals surface area contributed by atoms with Gasteiger partial charge in [-0.3, -0.25) is 0 Å². The van der Waals surface area contributed by atoms with Crippen LogP contribution < -0.4 is 0 Å². The molecular formula is C32H49NO4. The van der Waals surface area contributed by atoms with Crippen molar-refractivity contribution >= 4 is 6.09 Å². The molecule has 6 aliphatic rings. The van der Waals surface area contributed by atoms with E-state index in [1.807, 2.05) is 25.7 Å². The van der Waals surface area contributed by atoms with E-state index in [0.717, 1.165) is 44.6 Å². The number of carbonyl (C=O) groups excluding carboxylic acids is 1. The number of likely N-dealkylation sites (tertiary alicyclic amines) is 1. The van der Waals surface area contributed by atoms with Crippen molar-refractivity contribution in [2.75, 3.05) is 6.54 Å². The summed E-state index contributed by atoms with van der Waals surface area (Å²) in [6.07, 6.45) is 10.8. The summed E-state index contributed by atoms with van der Waals surface area (Å²) in [5, 5.41) is 10.4. The van der Waals surface area contributed by atoms with Gasteiger partial charge in [0, 0.05) is 12.5 Å². The third kappa shape index (κ3) is 3.88. The Kier molecular flexibility index (Phi) is 6.01. The van der Waals surface area contributed by atoms with Gasteiger partial charge in [-0.05, 0) is 114 Å². The Bertz CT molecular complexity index is 1020. The summed E-state index contributed by atoms with van der Waals surface area (Å²) in [6.45, 7) is 16.1. The molecule has 0 aromatic carbocycles. The molecule has 4 fully saturated rings. The lowest BCUT2D eigenvalue weighted by Gasteiger charge is -2.49. The second-order valence-corrected chi connectivity index (χ2v) is 14.8. The summed E-state index contributed by atoms with van der Waals surface area (Å²) < 4.78 is 13.0. The molecule has 0 bridgehead atoms. The average Bonchev–Trinajstić information content (AvgIpc) is 3.32. The van der Waals surface area contributed by atoms with Gasteiger partial charge >= 0.3 is 6.09 Å². The Morgan fingerprint density at radius 3 is 2.68 bits per heavy atom. The first-order valence-corrected chi connectivity index (χ1v) is 15.1. The van der Waals surface area contributed by atoms with Crippen molar-refractivity contribution in [3.05, 3.63) is 22.8 Å². The fourth-order valence-corrected chi connectivity index (χ4v) is 9.85. The van der Waals surface area contributed by atoms with Crippen LogP contribution in [0.1, 0.15) is 99.8 Å². The number of aliphatic hydroxyl groups excluding tert-OH is 1. The number of fused-ring (bicyclic) bond motifs is 6. The van der Waals surface area contributed by atoms with Gasteiger partial charge in [-0.1, -0.05) is 38.0 Å². The topological polar surface area (TPSA) is 59.0 Å². The molecule has 0 radical (unpaired) electrons. The standard InChI is InChI=1S/C32H49NO4/c1-18-14-27-28(33(17-18)29(35)37-30(4,5)6)20(3)32(36-27)13-11-23-24-9-8-21-15-22(34)10-12-31(21,7)26(24)16-25(23)19(32)2/h8,18,20,22-24,26-28,34H,9-17H2,1-7H3/t18-,20+,22-,23-,24-,26-,27+,28-,31-,32-/m0/s1. The van der Waals surface area contributed by atoms with Crippen molar-refractivity contribution in [1.29, 1.82) is 0 Å². The van der Waals surface area contributed by atoms with Crippen LogP contribution in [0.3, 0.4) is 0 Å². The van der Waals surface area contributed by atoms with E-state index in [-0.39, 0.29) is 41.3 Å². The molecule has 10 atom stereocenters. The van der Waals surface area contributed by atoms with Gasteiger partial charge in [-0.15, -0.1) is 0 Å². The number of amides is 1. The quantitative estimate of drug-likeness (QED) is 0.370. The Morgan fingerprint density at radius 1 is 1.19 bits per heavy atom. The van der Waals surface area contributed by atoms with Gasteiger partial charge in [0.1, 0.15) is 5.60 Å². The molecule has 4 aliphatic carbocycles. The minimum Gasteiger partial charge on any atom is -0.444 e. The minimum absolute atomic E-state index is 0.0763. The number of carbonyl (C=O) groups is 1. The molecule has 1 spiro atoms. The summed E-state index contributed by atoms with van der Waals surface area (Å²) >= 11 is 0. The normalized spacial score (nSPS) is 47.2. The SMILES string of the molecule is CC1=C2C[C@H]3[C@@H](CC=C4C[C@@H](O)CC[C@@]43C)[C@@H]2CC[C@]12O[C@@H]1C[C@H](C)CN(C(=O)OC(C)(C)C)[C@H]1[C@H]2C. The highest BCUT2D eigenvalue weighted by Crippen LogP contribution is 2.65. The van der Waals surface area contributed by atoms with Crippen LogP contribution >= 0.6 is 0 Å². The predicted octanol–water partition coefficient (Wildman–Crippen LogP) is 6.65. The van der Waals surface area contributed by atoms with Crippen LogP contribution in [0.5, 0.6) is 0 Å². The lowest BCUT2D eigenvalue weighted by Crippen LogP contribution is -2.55. The Hall–Kier alpha value is -1.33. The Morgan fingerprint density at radius 2 is 1.95 bits per heavy atom. The molecule has 0 aromatic heterocycles. The number of piperidine rings is 1. The Labute approximate surface area is 224 Å². The number of nitrogens with zero attached hydrogens (tertiary/aromatic N) is 1. The lowest BCUT2D eigenvalue weighted by atomic mass is 9.56. The second-order valence-electron chi connectivity index (χ2n) is 14.8. The molecule has 5 heteroatoms. The van der Waals surface area contributed by atoms with E-state index in [4.69, 9.17) is 9.47 Å². The van der Waals surface area contributed by atoms with Crippen molar-refractivity contribution in [3.63, 3.8) is 0 Å². The van der Waals surface area contributed by atoms with Gasteiger partial charge in [-0.2, -0.15) is 0 Å². The highest BCUT2D eigenvalue weighted by Gasteiger charge is 2.62. The summed E-state index contributed by atoms with van der Waals surface area (Å²) in [6, 6.07) is 0.0763. The molecule has 2 aliphatic heterocycles. The smallest absolute Gasteiger partial charge is 0.410 e. The van der Waals surface area contributed by atoms with E-state index in [2.05, 4.69) is 33.8 Å². The molecule has 1 amide bonds. The molecule has 2 saturated carbocycles. The van der Waals surface area contributed by atoms with Crippen LogP contribution in [0.15, 0.2) is 22.8 Å². The highest BCUT2D eigenvalue weighted by atomic mass is 16.6. The number of rotatable bonds is 0. The van der Waals surface area contributed by atoms with E-state index in [1.54, 1.807) is 5.57 Å². The molecule has 0 unspecified atom stereocenters. The van der Waals surface area contributed by atoms with Gasteiger partial charge in [0.15, 0.2) is 0 Å². The van der Waals surface area contributed by atoms with Crippen molar-refractivity contribution in [1.82, 2.24) is 4.90 Å². The van der Waals surface area contributed by atoms with Crippen LogP contribution in [0, 0.1) is 35.0 Å². The maximum absolute atomic E-state index is 13.4. The molecule has 2 saturated heterocycles. The zero-order chi connectivity index (χ0) is 26.5.